The molecule has 0 spiro atoms. The number of aliphatic carboxylic acids is 1. The minimum atomic E-state index is -1.62. The SMILES string of the molecule is CCCCCCCC/C=C\CCCCCCCCCCCC(=O)OC(COC(=O)CCCCCCCCCCCCCCCCCCCCCCCCCCCCCCCCCCCCC)COC(OCC[N+](C)(C)C)C(=O)[O-]. The van der Waals surface area contributed by atoms with Gasteiger partial charge in [-0.3, -0.25) is 9.59 Å². The van der Waals surface area contributed by atoms with Gasteiger partial charge in [0.15, 0.2) is 12.4 Å². The number of quaternary nitrogens is 1. The van der Waals surface area contributed by atoms with E-state index < -0.39 is 24.3 Å². The summed E-state index contributed by atoms with van der Waals surface area (Å²) in [6.45, 7) is 4.81. The average Bonchev–Trinajstić information content (AvgIpc) is 3.42. The van der Waals surface area contributed by atoms with Gasteiger partial charge in [-0.25, -0.2) is 0 Å². The predicted octanol–water partition coefficient (Wildman–Crippen LogP) is 19.9. The zero-order chi connectivity index (χ0) is 57.6. The molecule has 0 N–H and O–H groups in total. The van der Waals surface area contributed by atoms with Crippen molar-refractivity contribution in [3.05, 3.63) is 12.2 Å². The number of hydrogen-bond acceptors (Lipinski definition) is 8. The Morgan fingerprint density at radius 2 is 0.646 bits per heavy atom. The van der Waals surface area contributed by atoms with E-state index in [9.17, 15) is 19.5 Å². The summed E-state index contributed by atoms with van der Waals surface area (Å²) in [6, 6.07) is 0. The number of carboxylic acid groups (broad SMARTS) is 1. The summed E-state index contributed by atoms with van der Waals surface area (Å²) in [5.74, 6) is -2.26. The quantitative estimate of drug-likeness (QED) is 0.0195. The van der Waals surface area contributed by atoms with Crippen LogP contribution in [-0.2, 0) is 33.3 Å². The lowest BCUT2D eigenvalue weighted by molar-refractivity contribution is -0.870. The standard InChI is InChI=1S/C70H135NO8/c1-6-8-10-12-14-16-18-20-22-24-26-27-28-29-30-31-32-33-34-35-36-37-38-39-40-41-43-44-46-48-50-52-54-56-58-60-67(72)77-64-66(65-78-70(69(74)75)76-63-62-71(3,4)5)79-68(73)61-59-57-55-53-51-49-47-45-42-25-23-21-19-17-15-13-11-9-7-2/h21,23,66,70H,6-20,22,24-65H2,1-5H3/b23-21-. The summed E-state index contributed by atoms with van der Waals surface area (Å²) in [7, 11) is 5.94. The van der Waals surface area contributed by atoms with Gasteiger partial charge < -0.3 is 33.3 Å². The number of allylic oxidation sites excluding steroid dienone is 2. The predicted molar refractivity (Wildman–Crippen MR) is 334 cm³/mol. The second kappa shape index (κ2) is 62.1. The number of nitrogens with zero attached hydrogens (tertiary/aromatic N) is 1. The maximum Gasteiger partial charge on any atom is 0.306 e. The van der Waals surface area contributed by atoms with Gasteiger partial charge in [0, 0.05) is 12.8 Å². The van der Waals surface area contributed by atoms with E-state index in [0.29, 0.717) is 23.9 Å². The Labute approximate surface area is 491 Å². The fourth-order valence-electron chi connectivity index (χ4n) is 10.7. The molecule has 0 heterocycles. The molecule has 0 radical (unpaired) electrons. The molecule has 2 unspecified atom stereocenters. The van der Waals surface area contributed by atoms with Crippen molar-refractivity contribution in [2.45, 2.75) is 373 Å². The van der Waals surface area contributed by atoms with Gasteiger partial charge in [-0.05, 0) is 38.5 Å². The zero-order valence-electron chi connectivity index (χ0n) is 53.5. The molecule has 9 heteroatoms. The van der Waals surface area contributed by atoms with Gasteiger partial charge in [-0.15, -0.1) is 0 Å². The maximum atomic E-state index is 12.9. The van der Waals surface area contributed by atoms with E-state index in [0.717, 1.165) is 38.5 Å². The lowest BCUT2D eigenvalue weighted by Crippen LogP contribution is -2.44. The Kier molecular flexibility index (Phi) is 60.5. The molecule has 0 rings (SSSR count). The van der Waals surface area contributed by atoms with E-state index in [1.54, 1.807) is 0 Å². The van der Waals surface area contributed by atoms with E-state index in [1.807, 2.05) is 21.1 Å². The number of hydrogen-bond donors (Lipinski definition) is 0. The summed E-state index contributed by atoms with van der Waals surface area (Å²) < 4.78 is 22.8. The maximum absolute atomic E-state index is 12.9. The van der Waals surface area contributed by atoms with Crippen molar-refractivity contribution in [3.63, 3.8) is 0 Å². The van der Waals surface area contributed by atoms with Crippen molar-refractivity contribution < 1.29 is 42.9 Å². The van der Waals surface area contributed by atoms with Crippen LogP contribution in [0.15, 0.2) is 12.2 Å². The van der Waals surface area contributed by atoms with E-state index in [1.165, 1.54) is 289 Å². The van der Waals surface area contributed by atoms with Crippen molar-refractivity contribution in [2.24, 2.45) is 0 Å². The molecule has 2 atom stereocenters. The van der Waals surface area contributed by atoms with Crippen LogP contribution in [0.25, 0.3) is 0 Å². The molecule has 0 amide bonds. The van der Waals surface area contributed by atoms with Crippen LogP contribution < -0.4 is 5.11 Å². The molecule has 0 aliphatic carbocycles. The minimum absolute atomic E-state index is 0.151. The van der Waals surface area contributed by atoms with Gasteiger partial charge in [-0.1, -0.05) is 321 Å². The largest absolute Gasteiger partial charge is 0.545 e. The van der Waals surface area contributed by atoms with Crippen molar-refractivity contribution in [1.29, 1.82) is 0 Å². The van der Waals surface area contributed by atoms with Gasteiger partial charge in [0.2, 0.25) is 0 Å². The Balaban J connectivity index is 3.97. The number of carbonyl (C=O) groups excluding carboxylic acids is 3. The first kappa shape index (κ1) is 77.0. The summed E-state index contributed by atoms with van der Waals surface area (Å²) in [5, 5.41) is 11.8. The molecule has 0 saturated heterocycles. The third-order valence-electron chi connectivity index (χ3n) is 16.0. The average molecular weight is 1120 g/mol. The van der Waals surface area contributed by atoms with E-state index >= 15 is 0 Å². The van der Waals surface area contributed by atoms with Crippen LogP contribution in [0.4, 0.5) is 0 Å². The highest BCUT2D eigenvalue weighted by molar-refractivity contribution is 5.70. The molecular formula is C70H135NO8. The van der Waals surface area contributed by atoms with Crippen LogP contribution in [0, 0.1) is 0 Å². The molecule has 0 fully saturated rings. The normalized spacial score (nSPS) is 12.7. The summed E-state index contributed by atoms with van der Waals surface area (Å²) in [4.78, 5) is 37.4. The second-order valence-corrected chi connectivity index (χ2v) is 25.2. The first-order valence-corrected chi connectivity index (χ1v) is 34.8. The number of unbranched alkanes of at least 4 members (excludes halogenated alkanes) is 49. The fraction of sp³-hybridized carbons (Fsp3) is 0.929. The highest BCUT2D eigenvalue weighted by Crippen LogP contribution is 2.19. The third-order valence-corrected chi connectivity index (χ3v) is 16.0. The monoisotopic (exact) mass is 1120 g/mol. The number of rotatable bonds is 66. The van der Waals surface area contributed by atoms with Crippen molar-refractivity contribution in [2.75, 3.05) is 47.5 Å². The Bertz CT molecular complexity index is 1300. The second-order valence-electron chi connectivity index (χ2n) is 25.2. The first-order chi connectivity index (χ1) is 38.6. The van der Waals surface area contributed by atoms with Gasteiger partial charge in [0.05, 0.1) is 40.3 Å². The molecule has 468 valence electrons. The number of carboxylic acids is 1. The number of carbonyl (C=O) groups is 3. The molecule has 0 bridgehead atoms. The molecule has 0 saturated carbocycles. The smallest absolute Gasteiger partial charge is 0.306 e. The molecule has 9 nitrogen and oxygen atoms in total. The summed E-state index contributed by atoms with van der Waals surface area (Å²) >= 11 is 0. The molecule has 0 aliphatic rings. The molecule has 0 aromatic heterocycles. The highest BCUT2D eigenvalue weighted by atomic mass is 16.7. The lowest BCUT2D eigenvalue weighted by atomic mass is 10.0. The van der Waals surface area contributed by atoms with Crippen LogP contribution in [0.3, 0.4) is 0 Å². The van der Waals surface area contributed by atoms with E-state index in [2.05, 4.69) is 26.0 Å². The van der Waals surface area contributed by atoms with E-state index in [4.69, 9.17) is 18.9 Å². The molecular weight excluding hydrogens is 983 g/mol. The molecule has 0 aromatic carbocycles. The van der Waals surface area contributed by atoms with Gasteiger partial charge >= 0.3 is 11.9 Å². The Morgan fingerprint density at radius 1 is 0.367 bits per heavy atom. The van der Waals surface area contributed by atoms with Crippen LogP contribution >= 0.6 is 0 Å². The van der Waals surface area contributed by atoms with Gasteiger partial charge in [0.25, 0.3) is 0 Å². The molecule has 0 aliphatic heterocycles. The van der Waals surface area contributed by atoms with Crippen LogP contribution in [0.2, 0.25) is 0 Å². The van der Waals surface area contributed by atoms with Gasteiger partial charge in [0.1, 0.15) is 13.2 Å². The third kappa shape index (κ3) is 63.5. The van der Waals surface area contributed by atoms with Crippen molar-refractivity contribution >= 4 is 17.9 Å². The topological polar surface area (TPSA) is 111 Å². The highest BCUT2D eigenvalue weighted by Gasteiger charge is 2.22. The van der Waals surface area contributed by atoms with Crippen LogP contribution in [0.5, 0.6) is 0 Å². The molecule has 79 heavy (non-hydrogen) atoms. The van der Waals surface area contributed by atoms with Crippen molar-refractivity contribution in [1.82, 2.24) is 0 Å². The number of likely N-dealkylation sites (N-methyl/N-ethyl adjacent to an activating group) is 1. The zero-order valence-corrected chi connectivity index (χ0v) is 53.5. The first-order valence-electron chi connectivity index (χ1n) is 34.8. The lowest BCUT2D eigenvalue weighted by Gasteiger charge is -2.26. The van der Waals surface area contributed by atoms with Crippen LogP contribution in [0.1, 0.15) is 361 Å². The van der Waals surface area contributed by atoms with Crippen LogP contribution in [-0.4, -0.2) is 82.3 Å². The van der Waals surface area contributed by atoms with Crippen molar-refractivity contribution in [3.8, 4) is 0 Å². The van der Waals surface area contributed by atoms with E-state index in [-0.39, 0.29) is 32.2 Å². The van der Waals surface area contributed by atoms with Gasteiger partial charge in [-0.2, -0.15) is 0 Å². The Hall–Kier alpha value is -1.97. The number of ether oxygens (including phenoxy) is 4. The minimum Gasteiger partial charge on any atom is -0.545 e. The summed E-state index contributed by atoms with van der Waals surface area (Å²) in [6.07, 6.45) is 71.7. The fourth-order valence-corrected chi connectivity index (χ4v) is 10.7. The Morgan fingerprint density at radius 3 is 0.937 bits per heavy atom. The number of esters is 2. The summed E-state index contributed by atoms with van der Waals surface area (Å²) in [5.41, 5.74) is 0. The molecule has 0 aromatic rings.